The zero-order chi connectivity index (χ0) is 20.6. The van der Waals surface area contributed by atoms with Gasteiger partial charge in [0.1, 0.15) is 17.3 Å². The quantitative estimate of drug-likeness (QED) is 0.535. The van der Waals surface area contributed by atoms with Gasteiger partial charge in [-0.2, -0.15) is 4.98 Å². The molecule has 0 aliphatic rings. The number of aryl methyl sites for hydroxylation is 1. The summed E-state index contributed by atoms with van der Waals surface area (Å²) in [5.74, 6) is 2.98. The van der Waals surface area contributed by atoms with E-state index in [-0.39, 0.29) is 6.10 Å². The van der Waals surface area contributed by atoms with Gasteiger partial charge in [-0.15, -0.1) is 0 Å². The van der Waals surface area contributed by atoms with Crippen LogP contribution in [-0.2, 0) is 6.42 Å². The molecule has 3 aromatic rings. The van der Waals surface area contributed by atoms with Gasteiger partial charge in [-0.3, -0.25) is 0 Å². The van der Waals surface area contributed by atoms with E-state index in [1.54, 1.807) is 7.11 Å². The van der Waals surface area contributed by atoms with Crippen LogP contribution in [0.3, 0.4) is 0 Å². The van der Waals surface area contributed by atoms with Crippen LogP contribution in [0.15, 0.2) is 54.6 Å². The Bertz CT molecular complexity index is 944. The van der Waals surface area contributed by atoms with E-state index in [4.69, 9.17) is 9.47 Å². The van der Waals surface area contributed by atoms with Crippen molar-refractivity contribution in [2.75, 3.05) is 24.3 Å². The summed E-state index contributed by atoms with van der Waals surface area (Å²) in [5, 5.41) is 6.66. The summed E-state index contributed by atoms with van der Waals surface area (Å²) in [6.45, 7) is 6.70. The molecule has 2 N–H and O–H groups in total. The molecule has 2 aromatic carbocycles. The second-order valence-corrected chi connectivity index (χ2v) is 7.03. The van der Waals surface area contributed by atoms with Crippen LogP contribution in [-0.4, -0.2) is 29.7 Å². The second kappa shape index (κ2) is 9.78. The molecule has 6 heteroatoms. The maximum atomic E-state index is 5.88. The molecule has 3 rings (SSSR count). The van der Waals surface area contributed by atoms with Crippen molar-refractivity contribution >= 4 is 17.5 Å². The zero-order valence-corrected chi connectivity index (χ0v) is 17.4. The van der Waals surface area contributed by atoms with Crippen LogP contribution in [0.25, 0.3) is 0 Å². The molecule has 1 aromatic heterocycles. The van der Waals surface area contributed by atoms with Crippen molar-refractivity contribution in [2.24, 2.45) is 0 Å². The lowest BCUT2D eigenvalue weighted by Gasteiger charge is -2.16. The Morgan fingerprint density at radius 3 is 2.62 bits per heavy atom. The lowest BCUT2D eigenvalue weighted by Crippen LogP contribution is -2.10. The molecular formula is C23H28N4O2. The van der Waals surface area contributed by atoms with Crippen LogP contribution >= 0.6 is 0 Å². The van der Waals surface area contributed by atoms with Gasteiger partial charge >= 0.3 is 0 Å². The lowest BCUT2D eigenvalue weighted by atomic mass is 10.1. The first kappa shape index (κ1) is 20.5. The summed E-state index contributed by atoms with van der Waals surface area (Å²) in [7, 11) is 1.68. The lowest BCUT2D eigenvalue weighted by molar-refractivity contribution is 0.244. The molecule has 0 unspecified atom stereocenters. The third-order valence-electron chi connectivity index (χ3n) is 4.20. The summed E-state index contributed by atoms with van der Waals surface area (Å²) < 4.78 is 11.2. The van der Waals surface area contributed by atoms with E-state index in [0.29, 0.717) is 5.95 Å². The molecule has 0 aliphatic carbocycles. The molecule has 1 heterocycles. The van der Waals surface area contributed by atoms with E-state index in [2.05, 4.69) is 26.7 Å². The molecule has 29 heavy (non-hydrogen) atoms. The smallest absolute Gasteiger partial charge is 0.224 e. The Morgan fingerprint density at radius 1 is 1.00 bits per heavy atom. The predicted octanol–water partition coefficient (Wildman–Crippen LogP) is 4.98. The number of hydrogen-bond donors (Lipinski definition) is 2. The maximum absolute atomic E-state index is 5.88. The minimum atomic E-state index is 0.0962. The van der Waals surface area contributed by atoms with Gasteiger partial charge in [-0.25, -0.2) is 4.98 Å². The summed E-state index contributed by atoms with van der Waals surface area (Å²) in [5.41, 5.74) is 2.96. The van der Waals surface area contributed by atoms with Gasteiger partial charge in [-0.1, -0.05) is 24.3 Å². The van der Waals surface area contributed by atoms with Gasteiger partial charge in [-0.05, 0) is 57.0 Å². The standard InChI is InChI=1S/C23H28N4O2/c1-16(2)29-21-11-6-5-10-20(21)26-22-14-17(3)25-23(27-22)24-13-12-18-8-7-9-19(15-18)28-4/h5-11,14-16H,12-13H2,1-4H3,(H2,24,25,26,27). The van der Waals surface area contributed by atoms with Crippen LogP contribution in [0.2, 0.25) is 0 Å². The molecule has 0 amide bonds. The SMILES string of the molecule is COc1cccc(CCNc2nc(C)cc(Nc3ccccc3OC(C)C)n2)c1. The van der Waals surface area contributed by atoms with Crippen molar-refractivity contribution in [3.8, 4) is 11.5 Å². The Hall–Kier alpha value is -3.28. The molecule has 0 saturated heterocycles. The minimum absolute atomic E-state index is 0.0962. The molecular weight excluding hydrogens is 364 g/mol. The zero-order valence-electron chi connectivity index (χ0n) is 17.4. The molecule has 0 aliphatic heterocycles. The Balaban J connectivity index is 1.67. The van der Waals surface area contributed by atoms with Crippen molar-refractivity contribution in [3.05, 3.63) is 65.9 Å². The molecule has 152 valence electrons. The minimum Gasteiger partial charge on any atom is -0.497 e. The van der Waals surface area contributed by atoms with E-state index in [9.17, 15) is 0 Å². The average molecular weight is 393 g/mol. The fraction of sp³-hybridized carbons (Fsp3) is 0.304. The topological polar surface area (TPSA) is 68.3 Å². The van der Waals surface area contributed by atoms with Gasteiger partial charge in [0.05, 0.1) is 18.9 Å². The first-order chi connectivity index (χ1) is 14.0. The second-order valence-electron chi connectivity index (χ2n) is 7.03. The van der Waals surface area contributed by atoms with Crippen molar-refractivity contribution in [1.82, 2.24) is 9.97 Å². The predicted molar refractivity (Wildman–Crippen MR) is 117 cm³/mol. The fourth-order valence-electron chi connectivity index (χ4n) is 2.92. The molecule has 6 nitrogen and oxygen atoms in total. The summed E-state index contributed by atoms with van der Waals surface area (Å²) in [6.07, 6.45) is 0.946. The number of nitrogens with zero attached hydrogens (tertiary/aromatic N) is 2. The monoisotopic (exact) mass is 392 g/mol. The number of anilines is 3. The largest absolute Gasteiger partial charge is 0.497 e. The number of aromatic nitrogens is 2. The highest BCUT2D eigenvalue weighted by Crippen LogP contribution is 2.28. The Kier molecular flexibility index (Phi) is 6.89. The van der Waals surface area contributed by atoms with Crippen molar-refractivity contribution in [3.63, 3.8) is 0 Å². The van der Waals surface area contributed by atoms with E-state index >= 15 is 0 Å². The number of benzene rings is 2. The molecule has 0 radical (unpaired) electrons. The molecule has 0 saturated carbocycles. The number of ether oxygens (including phenoxy) is 2. The summed E-state index contributed by atoms with van der Waals surface area (Å²) in [6, 6.07) is 17.8. The third-order valence-corrected chi connectivity index (χ3v) is 4.20. The maximum Gasteiger partial charge on any atom is 0.224 e. The number of hydrogen-bond acceptors (Lipinski definition) is 6. The van der Waals surface area contributed by atoms with Crippen LogP contribution in [0.4, 0.5) is 17.5 Å². The normalized spacial score (nSPS) is 10.7. The van der Waals surface area contributed by atoms with Crippen LogP contribution < -0.4 is 20.1 Å². The highest BCUT2D eigenvalue weighted by molar-refractivity contribution is 5.64. The first-order valence-electron chi connectivity index (χ1n) is 9.78. The fourth-order valence-corrected chi connectivity index (χ4v) is 2.92. The van der Waals surface area contributed by atoms with Gasteiger partial charge in [0.25, 0.3) is 0 Å². The average Bonchev–Trinajstić information content (AvgIpc) is 2.69. The van der Waals surface area contributed by atoms with Gasteiger partial charge < -0.3 is 20.1 Å². The highest BCUT2D eigenvalue weighted by atomic mass is 16.5. The number of methoxy groups -OCH3 is 1. The molecule has 0 fully saturated rings. The van der Waals surface area contributed by atoms with E-state index < -0.39 is 0 Å². The van der Waals surface area contributed by atoms with Gasteiger partial charge in [0.2, 0.25) is 5.95 Å². The molecule has 0 atom stereocenters. The van der Waals surface area contributed by atoms with Crippen LogP contribution in [0.1, 0.15) is 25.1 Å². The first-order valence-corrected chi connectivity index (χ1v) is 9.78. The number of rotatable bonds is 9. The van der Waals surface area contributed by atoms with E-state index in [0.717, 1.165) is 41.7 Å². The molecule has 0 spiro atoms. The summed E-state index contributed by atoms with van der Waals surface area (Å²) >= 11 is 0. The van der Waals surface area contributed by atoms with Gasteiger partial charge in [0, 0.05) is 18.3 Å². The van der Waals surface area contributed by atoms with E-state index in [1.807, 2.05) is 69.3 Å². The molecule has 0 bridgehead atoms. The Morgan fingerprint density at radius 2 is 1.83 bits per heavy atom. The van der Waals surface area contributed by atoms with Crippen molar-refractivity contribution in [2.45, 2.75) is 33.3 Å². The number of nitrogens with one attached hydrogen (secondary N) is 2. The van der Waals surface area contributed by atoms with Gasteiger partial charge in [0.15, 0.2) is 0 Å². The van der Waals surface area contributed by atoms with Crippen LogP contribution in [0.5, 0.6) is 11.5 Å². The summed E-state index contributed by atoms with van der Waals surface area (Å²) in [4.78, 5) is 9.09. The van der Waals surface area contributed by atoms with Crippen LogP contribution in [0, 0.1) is 6.92 Å². The Labute approximate surface area is 172 Å². The third kappa shape index (κ3) is 6.10. The van der Waals surface area contributed by atoms with E-state index in [1.165, 1.54) is 5.56 Å². The number of para-hydroxylation sites is 2. The van der Waals surface area contributed by atoms with Crippen molar-refractivity contribution in [1.29, 1.82) is 0 Å². The van der Waals surface area contributed by atoms with Crippen molar-refractivity contribution < 1.29 is 9.47 Å². The highest BCUT2D eigenvalue weighted by Gasteiger charge is 2.08.